The Morgan fingerprint density at radius 3 is 2.65 bits per heavy atom. The zero-order valence-electron chi connectivity index (χ0n) is 13.0. The summed E-state index contributed by atoms with van der Waals surface area (Å²) in [6.45, 7) is 9.38. The second kappa shape index (κ2) is 4.56. The van der Waals surface area contributed by atoms with Crippen LogP contribution in [-0.2, 0) is 0 Å². The number of hydrogen-bond donors (Lipinski definition) is 1. The minimum absolute atomic E-state index is 0.144. The Bertz CT molecular complexity index is 505. The summed E-state index contributed by atoms with van der Waals surface area (Å²) in [6.07, 6.45) is 4.04. The lowest BCUT2D eigenvalue weighted by Gasteiger charge is -2.44. The number of halogens is 1. The molecule has 0 aromatic heterocycles. The number of fused-ring (bicyclic) bond motifs is 2. The monoisotopic (exact) mass is 275 g/mol. The molecule has 3 rings (SSSR count). The maximum atomic E-state index is 13.4. The molecule has 4 atom stereocenters. The lowest BCUT2D eigenvalue weighted by molar-refractivity contribution is 0.100. The largest absolute Gasteiger partial charge is 0.306 e. The van der Waals surface area contributed by atoms with Crippen LogP contribution in [0.15, 0.2) is 24.3 Å². The van der Waals surface area contributed by atoms with Crippen molar-refractivity contribution in [3.63, 3.8) is 0 Å². The predicted molar refractivity (Wildman–Crippen MR) is 81.0 cm³/mol. The summed E-state index contributed by atoms with van der Waals surface area (Å²) in [5.41, 5.74) is 1.80. The molecule has 1 aromatic carbocycles. The van der Waals surface area contributed by atoms with Gasteiger partial charge in [0.2, 0.25) is 0 Å². The molecule has 0 aliphatic heterocycles. The number of hydrogen-bond acceptors (Lipinski definition) is 1. The van der Waals surface area contributed by atoms with Gasteiger partial charge in [-0.3, -0.25) is 0 Å². The number of nitrogens with one attached hydrogen (secondary N) is 1. The lowest BCUT2D eigenvalue weighted by atomic mass is 9.68. The Balaban J connectivity index is 1.80. The van der Waals surface area contributed by atoms with E-state index in [0.29, 0.717) is 16.9 Å². The van der Waals surface area contributed by atoms with Crippen molar-refractivity contribution in [2.45, 2.75) is 59.0 Å². The van der Waals surface area contributed by atoms with Crippen molar-refractivity contribution in [3.8, 4) is 0 Å². The zero-order chi connectivity index (χ0) is 14.5. The van der Waals surface area contributed by atoms with Crippen molar-refractivity contribution in [2.24, 2.45) is 16.7 Å². The van der Waals surface area contributed by atoms with E-state index in [9.17, 15) is 4.39 Å². The smallest absolute Gasteiger partial charge is 0.123 e. The van der Waals surface area contributed by atoms with Crippen LogP contribution in [0.1, 0.15) is 58.6 Å². The van der Waals surface area contributed by atoms with Crippen molar-refractivity contribution in [1.82, 2.24) is 5.32 Å². The van der Waals surface area contributed by atoms with Crippen molar-refractivity contribution < 1.29 is 4.39 Å². The Kier molecular flexibility index (Phi) is 3.20. The van der Waals surface area contributed by atoms with Gasteiger partial charge in [-0.25, -0.2) is 4.39 Å². The van der Waals surface area contributed by atoms with E-state index in [4.69, 9.17) is 0 Å². The first-order chi connectivity index (χ1) is 9.33. The lowest BCUT2D eigenvalue weighted by Crippen LogP contribution is -2.50. The molecule has 2 saturated carbocycles. The molecule has 2 bridgehead atoms. The van der Waals surface area contributed by atoms with Crippen LogP contribution in [0, 0.1) is 22.6 Å². The molecule has 1 nitrogen and oxygen atoms in total. The van der Waals surface area contributed by atoms with Gasteiger partial charge in [0.15, 0.2) is 0 Å². The highest BCUT2D eigenvalue weighted by atomic mass is 19.1. The molecule has 2 fully saturated rings. The molecule has 1 aromatic rings. The molecule has 0 heterocycles. The van der Waals surface area contributed by atoms with Crippen molar-refractivity contribution >= 4 is 0 Å². The van der Waals surface area contributed by atoms with E-state index >= 15 is 0 Å². The minimum Gasteiger partial charge on any atom is -0.306 e. The van der Waals surface area contributed by atoms with Crippen molar-refractivity contribution in [1.29, 1.82) is 0 Å². The summed E-state index contributed by atoms with van der Waals surface area (Å²) < 4.78 is 13.4. The molecule has 1 unspecified atom stereocenters. The zero-order valence-corrected chi connectivity index (χ0v) is 13.0. The van der Waals surface area contributed by atoms with Crippen LogP contribution in [0.2, 0.25) is 0 Å². The average Bonchev–Trinajstić information content (AvgIpc) is 2.85. The quantitative estimate of drug-likeness (QED) is 0.843. The van der Waals surface area contributed by atoms with Crippen molar-refractivity contribution in [3.05, 3.63) is 35.6 Å². The van der Waals surface area contributed by atoms with E-state index in [-0.39, 0.29) is 11.9 Å². The number of rotatable bonds is 3. The Morgan fingerprint density at radius 1 is 1.30 bits per heavy atom. The van der Waals surface area contributed by atoms with Crippen LogP contribution in [-0.4, -0.2) is 6.04 Å². The Labute approximate surface area is 122 Å². The molecule has 1 N–H and O–H groups in total. The molecule has 2 heteroatoms. The Morgan fingerprint density at radius 2 is 2.05 bits per heavy atom. The second-order valence-electron chi connectivity index (χ2n) is 7.79. The third kappa shape index (κ3) is 2.09. The molecule has 2 aliphatic carbocycles. The third-order valence-corrected chi connectivity index (χ3v) is 6.04. The maximum absolute atomic E-state index is 13.4. The first kappa shape index (κ1) is 14.1. The molecule has 110 valence electrons. The fourth-order valence-corrected chi connectivity index (χ4v) is 4.84. The van der Waals surface area contributed by atoms with E-state index in [1.54, 1.807) is 12.1 Å². The summed E-state index contributed by atoms with van der Waals surface area (Å²) in [5.74, 6) is 0.694. The highest BCUT2D eigenvalue weighted by molar-refractivity contribution is 5.21. The topological polar surface area (TPSA) is 12.0 Å². The van der Waals surface area contributed by atoms with Gasteiger partial charge in [-0.05, 0) is 60.6 Å². The highest BCUT2D eigenvalue weighted by Gasteiger charge is 2.59. The van der Waals surface area contributed by atoms with Crippen LogP contribution in [0.4, 0.5) is 4.39 Å². The first-order valence-electron chi connectivity index (χ1n) is 7.84. The standard InChI is InChI=1S/C18H26FN/c1-12(13-6-5-7-15(19)10-13)20-16-17(2,3)14-8-9-18(16,4)11-14/h5-7,10,12,14,16,20H,8-9,11H2,1-4H3/t12-,14-,16?,18+/m0/s1. The molecule has 0 amide bonds. The van der Waals surface area contributed by atoms with Crippen LogP contribution < -0.4 is 5.32 Å². The average molecular weight is 275 g/mol. The van der Waals surface area contributed by atoms with E-state index < -0.39 is 0 Å². The first-order valence-corrected chi connectivity index (χ1v) is 7.84. The fraction of sp³-hybridized carbons (Fsp3) is 0.667. The molecular formula is C18H26FN. The van der Waals surface area contributed by atoms with Gasteiger partial charge in [0.05, 0.1) is 0 Å². The number of benzene rings is 1. The summed E-state index contributed by atoms with van der Waals surface area (Å²) in [4.78, 5) is 0. The predicted octanol–water partition coefficient (Wildman–Crippen LogP) is 4.69. The fourth-order valence-electron chi connectivity index (χ4n) is 4.84. The van der Waals surface area contributed by atoms with Gasteiger partial charge in [0.25, 0.3) is 0 Å². The maximum Gasteiger partial charge on any atom is 0.123 e. The van der Waals surface area contributed by atoms with E-state index in [2.05, 4.69) is 33.0 Å². The van der Waals surface area contributed by atoms with Gasteiger partial charge in [-0.2, -0.15) is 0 Å². The van der Waals surface area contributed by atoms with Crippen molar-refractivity contribution in [2.75, 3.05) is 0 Å². The minimum atomic E-state index is -0.144. The summed E-state index contributed by atoms with van der Waals surface area (Å²) in [6, 6.07) is 7.71. The molecule has 20 heavy (non-hydrogen) atoms. The second-order valence-corrected chi connectivity index (χ2v) is 7.79. The van der Waals surface area contributed by atoms with Gasteiger partial charge in [0, 0.05) is 12.1 Å². The van der Waals surface area contributed by atoms with Crippen LogP contribution >= 0.6 is 0 Å². The SMILES string of the molecule is C[C@H](NC1C(C)(C)[C@H]2CC[C@]1(C)C2)c1cccc(F)c1. The Hall–Kier alpha value is -0.890. The highest BCUT2D eigenvalue weighted by Crippen LogP contribution is 2.62. The van der Waals surface area contributed by atoms with Crippen LogP contribution in [0.25, 0.3) is 0 Å². The van der Waals surface area contributed by atoms with Gasteiger partial charge in [-0.1, -0.05) is 32.9 Å². The summed E-state index contributed by atoms with van der Waals surface area (Å²) in [7, 11) is 0. The van der Waals surface area contributed by atoms with Crippen LogP contribution in [0.5, 0.6) is 0 Å². The molecule has 2 aliphatic rings. The van der Waals surface area contributed by atoms with E-state index in [1.807, 2.05) is 6.07 Å². The molecule has 0 radical (unpaired) electrons. The molecular weight excluding hydrogens is 249 g/mol. The third-order valence-electron chi connectivity index (χ3n) is 6.04. The van der Waals surface area contributed by atoms with Gasteiger partial charge >= 0.3 is 0 Å². The van der Waals surface area contributed by atoms with Crippen LogP contribution in [0.3, 0.4) is 0 Å². The summed E-state index contributed by atoms with van der Waals surface area (Å²) in [5, 5.41) is 3.82. The van der Waals surface area contributed by atoms with Gasteiger partial charge in [0.1, 0.15) is 5.82 Å². The molecule has 0 spiro atoms. The summed E-state index contributed by atoms with van der Waals surface area (Å²) >= 11 is 0. The van der Waals surface area contributed by atoms with Gasteiger partial charge in [-0.15, -0.1) is 0 Å². The molecule has 0 saturated heterocycles. The van der Waals surface area contributed by atoms with E-state index in [0.717, 1.165) is 11.5 Å². The normalized spacial score (nSPS) is 36.2. The van der Waals surface area contributed by atoms with E-state index in [1.165, 1.54) is 25.3 Å². The van der Waals surface area contributed by atoms with Gasteiger partial charge < -0.3 is 5.32 Å².